The first-order chi connectivity index (χ1) is 9.91. The molecule has 1 aliphatic rings. The van der Waals surface area contributed by atoms with Crippen LogP contribution in [-0.2, 0) is 0 Å². The number of phenols is 1. The van der Waals surface area contributed by atoms with E-state index >= 15 is 0 Å². The van der Waals surface area contributed by atoms with Crippen LogP contribution in [0.5, 0.6) is 5.75 Å². The number of rotatable bonds is 3. The molecule has 1 atom stereocenters. The lowest BCUT2D eigenvalue weighted by Crippen LogP contribution is -2.47. The van der Waals surface area contributed by atoms with Crippen LogP contribution in [0, 0.1) is 10.1 Å². The lowest BCUT2D eigenvalue weighted by Gasteiger charge is -2.35. The van der Waals surface area contributed by atoms with Crippen LogP contribution in [0.15, 0.2) is 18.2 Å². The van der Waals surface area contributed by atoms with Crippen LogP contribution in [0.2, 0.25) is 0 Å². The van der Waals surface area contributed by atoms with Gasteiger partial charge in [-0.2, -0.15) is 0 Å². The first kappa shape index (κ1) is 15.2. The maximum atomic E-state index is 12.5. The average molecular weight is 293 g/mol. The van der Waals surface area contributed by atoms with E-state index in [0.717, 1.165) is 25.9 Å². The molecule has 1 aromatic rings. The van der Waals surface area contributed by atoms with Gasteiger partial charge in [0.25, 0.3) is 5.91 Å². The number of phenolic OH excluding ortho intramolecular Hbond substituents is 1. The number of benzene rings is 1. The summed E-state index contributed by atoms with van der Waals surface area (Å²) in [6.07, 6.45) is 1.89. The van der Waals surface area contributed by atoms with Crippen LogP contribution in [-0.4, -0.2) is 59.0 Å². The van der Waals surface area contributed by atoms with Gasteiger partial charge in [0.05, 0.1) is 10.5 Å². The average Bonchev–Trinajstić information content (AvgIpc) is 2.45. The molecule has 7 heteroatoms. The molecule has 114 valence electrons. The van der Waals surface area contributed by atoms with Crippen molar-refractivity contribution >= 4 is 11.6 Å². The molecule has 1 amide bonds. The lowest BCUT2D eigenvalue weighted by atomic mass is 10.0. The third kappa shape index (κ3) is 3.13. The summed E-state index contributed by atoms with van der Waals surface area (Å²) in [5.41, 5.74) is -0.477. The zero-order valence-electron chi connectivity index (χ0n) is 12.2. The van der Waals surface area contributed by atoms with Crippen molar-refractivity contribution in [1.82, 2.24) is 9.80 Å². The molecule has 21 heavy (non-hydrogen) atoms. The minimum atomic E-state index is -0.694. The second-order valence-electron chi connectivity index (χ2n) is 5.40. The Hall–Kier alpha value is -2.15. The second-order valence-corrected chi connectivity index (χ2v) is 5.40. The lowest BCUT2D eigenvalue weighted by molar-refractivity contribution is -0.385. The highest BCUT2D eigenvalue weighted by atomic mass is 16.6. The number of piperidine rings is 1. The highest BCUT2D eigenvalue weighted by Gasteiger charge is 2.28. The molecule has 1 heterocycles. The van der Waals surface area contributed by atoms with Gasteiger partial charge in [0, 0.05) is 25.7 Å². The van der Waals surface area contributed by atoms with Crippen LogP contribution in [0.3, 0.4) is 0 Å². The molecule has 7 nitrogen and oxygen atoms in total. The van der Waals surface area contributed by atoms with E-state index < -0.39 is 22.3 Å². The fraction of sp³-hybridized carbons (Fsp3) is 0.500. The Kier molecular flexibility index (Phi) is 4.42. The molecule has 2 rings (SSSR count). The molecule has 1 aromatic carbocycles. The number of para-hydroxylation sites is 1. The van der Waals surface area contributed by atoms with E-state index in [2.05, 4.69) is 4.90 Å². The van der Waals surface area contributed by atoms with Gasteiger partial charge in [0.15, 0.2) is 0 Å². The molecule has 1 aliphatic heterocycles. The number of carbonyl (C=O) groups excluding carboxylic acids is 1. The van der Waals surface area contributed by atoms with Crippen molar-refractivity contribution < 1.29 is 14.8 Å². The molecule has 1 unspecified atom stereocenters. The van der Waals surface area contributed by atoms with E-state index in [9.17, 15) is 20.0 Å². The third-order valence-corrected chi connectivity index (χ3v) is 3.91. The van der Waals surface area contributed by atoms with Gasteiger partial charge in [-0.3, -0.25) is 14.9 Å². The summed E-state index contributed by atoms with van der Waals surface area (Å²) in [4.78, 5) is 26.3. The summed E-state index contributed by atoms with van der Waals surface area (Å²) in [5, 5.41) is 20.8. The van der Waals surface area contributed by atoms with Crippen molar-refractivity contribution in [3.63, 3.8) is 0 Å². The summed E-state index contributed by atoms with van der Waals surface area (Å²) in [7, 11) is 3.67. The number of nitrogens with zero attached hydrogens (tertiary/aromatic N) is 3. The largest absolute Gasteiger partial charge is 0.502 e. The van der Waals surface area contributed by atoms with Gasteiger partial charge in [0.2, 0.25) is 5.75 Å². The van der Waals surface area contributed by atoms with Crippen molar-refractivity contribution in [1.29, 1.82) is 0 Å². The third-order valence-electron chi connectivity index (χ3n) is 3.91. The molecule has 0 bridgehead atoms. The zero-order valence-corrected chi connectivity index (χ0v) is 12.2. The normalized spacial score (nSPS) is 19.2. The molecule has 0 spiro atoms. The van der Waals surface area contributed by atoms with Crippen LogP contribution in [0.25, 0.3) is 0 Å². The zero-order chi connectivity index (χ0) is 15.6. The van der Waals surface area contributed by atoms with E-state index in [1.54, 1.807) is 11.9 Å². The Morgan fingerprint density at radius 2 is 2.24 bits per heavy atom. The molecular weight excluding hydrogens is 274 g/mol. The molecule has 1 saturated heterocycles. The summed E-state index contributed by atoms with van der Waals surface area (Å²) in [6, 6.07) is 4.05. The van der Waals surface area contributed by atoms with Crippen molar-refractivity contribution in [2.75, 3.05) is 27.2 Å². The molecule has 0 radical (unpaired) electrons. The molecule has 0 aliphatic carbocycles. The smallest absolute Gasteiger partial charge is 0.311 e. The summed E-state index contributed by atoms with van der Waals surface area (Å²) in [5.74, 6) is -0.958. The van der Waals surface area contributed by atoms with Crippen molar-refractivity contribution in [2.24, 2.45) is 0 Å². The monoisotopic (exact) mass is 293 g/mol. The SMILES string of the molecule is CN1CCCC(N(C)C(=O)c2cccc([N+](=O)[O-])c2O)C1. The van der Waals surface area contributed by atoms with Gasteiger partial charge in [-0.1, -0.05) is 6.07 Å². The molecule has 1 fully saturated rings. The van der Waals surface area contributed by atoms with Crippen molar-refractivity contribution in [3.05, 3.63) is 33.9 Å². The van der Waals surface area contributed by atoms with Gasteiger partial charge >= 0.3 is 5.69 Å². The number of likely N-dealkylation sites (tertiary alicyclic amines) is 1. The van der Waals surface area contributed by atoms with E-state index in [0.29, 0.717) is 0 Å². The number of hydrogen-bond acceptors (Lipinski definition) is 5. The van der Waals surface area contributed by atoms with Crippen LogP contribution >= 0.6 is 0 Å². The molecule has 1 N–H and O–H groups in total. The van der Waals surface area contributed by atoms with Gasteiger partial charge in [-0.15, -0.1) is 0 Å². The van der Waals surface area contributed by atoms with Crippen molar-refractivity contribution in [3.8, 4) is 5.75 Å². The predicted molar refractivity (Wildman–Crippen MR) is 77.4 cm³/mol. The fourth-order valence-corrected chi connectivity index (χ4v) is 2.66. The minimum absolute atomic E-state index is 0.0278. The van der Waals surface area contributed by atoms with Crippen LogP contribution in [0.4, 0.5) is 5.69 Å². The highest BCUT2D eigenvalue weighted by Crippen LogP contribution is 2.30. The minimum Gasteiger partial charge on any atom is -0.502 e. The van der Waals surface area contributed by atoms with Gasteiger partial charge in [-0.25, -0.2) is 0 Å². The Labute approximate surface area is 122 Å². The number of nitro benzene ring substituents is 1. The van der Waals surface area contributed by atoms with E-state index in [1.807, 2.05) is 7.05 Å². The number of carbonyl (C=O) groups is 1. The van der Waals surface area contributed by atoms with E-state index in [4.69, 9.17) is 0 Å². The van der Waals surface area contributed by atoms with Gasteiger partial charge in [0.1, 0.15) is 0 Å². The van der Waals surface area contributed by atoms with Gasteiger partial charge < -0.3 is 14.9 Å². The Morgan fingerprint density at radius 3 is 2.86 bits per heavy atom. The Bertz CT molecular complexity index is 561. The molecule has 0 aromatic heterocycles. The first-order valence-corrected chi connectivity index (χ1v) is 6.84. The van der Waals surface area contributed by atoms with Crippen LogP contribution < -0.4 is 0 Å². The quantitative estimate of drug-likeness (QED) is 0.673. The molecular formula is C14H19N3O4. The maximum absolute atomic E-state index is 12.5. The number of nitro groups is 1. The highest BCUT2D eigenvalue weighted by molar-refractivity contribution is 5.98. The van der Waals surface area contributed by atoms with E-state index in [-0.39, 0.29) is 11.6 Å². The maximum Gasteiger partial charge on any atom is 0.311 e. The number of aromatic hydroxyl groups is 1. The van der Waals surface area contributed by atoms with Gasteiger partial charge in [-0.05, 0) is 32.5 Å². The number of hydrogen-bond donors (Lipinski definition) is 1. The predicted octanol–water partition coefficient (Wildman–Crippen LogP) is 1.47. The number of amides is 1. The van der Waals surface area contributed by atoms with Crippen molar-refractivity contribution in [2.45, 2.75) is 18.9 Å². The summed E-state index contributed by atoms with van der Waals surface area (Å²) < 4.78 is 0. The summed E-state index contributed by atoms with van der Waals surface area (Å²) in [6.45, 7) is 1.76. The standard InChI is InChI=1S/C14H19N3O4/c1-15-8-4-5-10(9-15)16(2)14(19)11-6-3-7-12(13(11)18)17(20)21/h3,6-7,10,18H,4-5,8-9H2,1-2H3. The molecule has 0 saturated carbocycles. The number of likely N-dealkylation sites (N-methyl/N-ethyl adjacent to an activating group) is 2. The summed E-state index contributed by atoms with van der Waals surface area (Å²) >= 11 is 0. The van der Waals surface area contributed by atoms with E-state index in [1.165, 1.54) is 18.2 Å². The van der Waals surface area contributed by atoms with Crippen LogP contribution in [0.1, 0.15) is 23.2 Å². The Balaban J connectivity index is 2.23. The first-order valence-electron chi connectivity index (χ1n) is 6.84. The topological polar surface area (TPSA) is 86.9 Å². The Morgan fingerprint density at radius 1 is 1.52 bits per heavy atom. The second kappa shape index (κ2) is 6.09. The fourth-order valence-electron chi connectivity index (χ4n) is 2.66.